The minimum absolute atomic E-state index is 0.778. The van der Waals surface area contributed by atoms with E-state index in [4.69, 9.17) is 0 Å². The molecule has 1 aliphatic heterocycles. The Kier molecular flexibility index (Phi) is 4.64. The van der Waals surface area contributed by atoms with Gasteiger partial charge in [-0.3, -0.25) is 0 Å². The highest BCUT2D eigenvalue weighted by molar-refractivity contribution is 5.28. The van der Waals surface area contributed by atoms with Crippen molar-refractivity contribution in [2.24, 2.45) is 5.92 Å². The molecule has 0 radical (unpaired) electrons. The summed E-state index contributed by atoms with van der Waals surface area (Å²) in [5.74, 6) is 1.82. The highest BCUT2D eigenvalue weighted by atomic mass is 15.2. The maximum absolute atomic E-state index is 4.57. The zero-order chi connectivity index (χ0) is 13.0. The van der Waals surface area contributed by atoms with E-state index in [1.165, 1.54) is 26.1 Å². The first-order valence-electron chi connectivity index (χ1n) is 7.23. The first-order chi connectivity index (χ1) is 8.72. The first kappa shape index (κ1) is 13.4. The van der Waals surface area contributed by atoms with E-state index in [9.17, 15) is 0 Å². The second-order valence-corrected chi connectivity index (χ2v) is 5.33. The summed E-state index contributed by atoms with van der Waals surface area (Å²) in [5, 5.41) is 3.42. The Hall–Kier alpha value is -1.03. The minimum atomic E-state index is 0.778. The van der Waals surface area contributed by atoms with Crippen LogP contribution in [0.25, 0.3) is 0 Å². The number of hydrogen-bond acceptors (Lipinski definition) is 3. The van der Waals surface area contributed by atoms with Crippen LogP contribution in [-0.2, 0) is 6.54 Å². The Morgan fingerprint density at radius 1 is 1.44 bits per heavy atom. The van der Waals surface area contributed by atoms with Crippen LogP contribution < -0.4 is 5.32 Å². The lowest BCUT2D eigenvalue weighted by molar-refractivity contribution is 0.333. The van der Waals surface area contributed by atoms with Gasteiger partial charge in [0.15, 0.2) is 0 Å². The van der Waals surface area contributed by atoms with Crippen LogP contribution in [0.1, 0.15) is 32.4 Å². The summed E-state index contributed by atoms with van der Waals surface area (Å²) in [7, 11) is 0. The largest absolute Gasteiger partial charge is 0.356 e. The van der Waals surface area contributed by atoms with Gasteiger partial charge in [0.05, 0.1) is 5.69 Å². The third-order valence-corrected chi connectivity index (χ3v) is 3.70. The molecule has 0 amide bonds. The summed E-state index contributed by atoms with van der Waals surface area (Å²) in [6, 6.07) is 0. The van der Waals surface area contributed by atoms with Crippen molar-refractivity contribution in [1.82, 2.24) is 14.5 Å². The van der Waals surface area contributed by atoms with E-state index in [2.05, 4.69) is 46.7 Å². The number of imidazole rings is 1. The van der Waals surface area contributed by atoms with Gasteiger partial charge in [-0.15, -0.1) is 0 Å². The molecule has 18 heavy (non-hydrogen) atoms. The minimum Gasteiger partial charge on any atom is -0.356 e. The van der Waals surface area contributed by atoms with Crippen LogP contribution >= 0.6 is 0 Å². The lowest BCUT2D eigenvalue weighted by atomic mass is 10.1. The summed E-state index contributed by atoms with van der Waals surface area (Å²) in [6.45, 7) is 12.3. The van der Waals surface area contributed by atoms with Crippen molar-refractivity contribution in [3.63, 3.8) is 0 Å². The highest BCUT2D eigenvalue weighted by Gasteiger charge is 2.22. The van der Waals surface area contributed by atoms with Crippen molar-refractivity contribution in [2.45, 2.75) is 40.2 Å². The second-order valence-electron chi connectivity index (χ2n) is 5.33. The molecule has 1 aromatic heterocycles. The fourth-order valence-electron chi connectivity index (χ4n) is 2.69. The molecule has 1 unspecified atom stereocenters. The van der Waals surface area contributed by atoms with Crippen LogP contribution in [0, 0.1) is 12.8 Å². The Morgan fingerprint density at radius 3 is 2.94 bits per heavy atom. The molecular weight excluding hydrogens is 224 g/mol. The standard InChI is InChI=1S/C14H26N4/c1-4-7-15-14-16-12(3)9-18(14)11-13-6-8-17(5-2)10-13/h9,13H,4-8,10-11H2,1-3H3,(H,15,16). The molecule has 1 aromatic rings. The zero-order valence-corrected chi connectivity index (χ0v) is 11.9. The number of nitrogens with one attached hydrogen (secondary N) is 1. The summed E-state index contributed by atoms with van der Waals surface area (Å²) >= 11 is 0. The molecule has 1 fully saturated rings. The fourth-order valence-corrected chi connectivity index (χ4v) is 2.69. The van der Waals surface area contributed by atoms with Crippen LogP contribution in [0.5, 0.6) is 0 Å². The second kappa shape index (κ2) is 6.23. The van der Waals surface area contributed by atoms with Gasteiger partial charge in [-0.05, 0) is 38.8 Å². The van der Waals surface area contributed by atoms with E-state index < -0.39 is 0 Å². The van der Waals surface area contributed by atoms with Crippen molar-refractivity contribution in [3.05, 3.63) is 11.9 Å². The monoisotopic (exact) mass is 250 g/mol. The molecule has 1 N–H and O–H groups in total. The number of anilines is 1. The van der Waals surface area contributed by atoms with Crippen molar-refractivity contribution in [3.8, 4) is 0 Å². The zero-order valence-electron chi connectivity index (χ0n) is 11.9. The Morgan fingerprint density at radius 2 is 2.28 bits per heavy atom. The normalized spacial score (nSPS) is 20.5. The fraction of sp³-hybridized carbons (Fsp3) is 0.786. The molecule has 2 heterocycles. The van der Waals surface area contributed by atoms with Crippen LogP contribution in [-0.4, -0.2) is 40.6 Å². The summed E-state index contributed by atoms with van der Waals surface area (Å²) < 4.78 is 2.30. The molecule has 1 aliphatic rings. The average Bonchev–Trinajstić information content (AvgIpc) is 2.94. The van der Waals surface area contributed by atoms with Crippen LogP contribution in [0.4, 0.5) is 5.95 Å². The quantitative estimate of drug-likeness (QED) is 0.841. The first-order valence-corrected chi connectivity index (χ1v) is 7.23. The van der Waals surface area contributed by atoms with Crippen molar-refractivity contribution >= 4 is 5.95 Å². The number of rotatable bonds is 6. The molecular formula is C14H26N4. The van der Waals surface area contributed by atoms with Gasteiger partial charge in [-0.25, -0.2) is 4.98 Å². The van der Waals surface area contributed by atoms with E-state index in [0.29, 0.717) is 0 Å². The number of hydrogen-bond donors (Lipinski definition) is 1. The number of aromatic nitrogens is 2. The van der Waals surface area contributed by atoms with Gasteiger partial charge in [-0.2, -0.15) is 0 Å². The van der Waals surface area contributed by atoms with Crippen LogP contribution in [0.3, 0.4) is 0 Å². The number of likely N-dealkylation sites (tertiary alicyclic amines) is 1. The molecule has 0 aromatic carbocycles. The van der Waals surface area contributed by atoms with Gasteiger partial charge in [0, 0.05) is 25.8 Å². The van der Waals surface area contributed by atoms with Crippen molar-refractivity contribution in [1.29, 1.82) is 0 Å². The topological polar surface area (TPSA) is 33.1 Å². The third-order valence-electron chi connectivity index (χ3n) is 3.70. The molecule has 1 saturated heterocycles. The molecule has 0 spiro atoms. The maximum atomic E-state index is 4.57. The smallest absolute Gasteiger partial charge is 0.203 e. The van der Waals surface area contributed by atoms with Gasteiger partial charge in [0.1, 0.15) is 0 Å². The molecule has 1 atom stereocenters. The van der Waals surface area contributed by atoms with Gasteiger partial charge in [0.25, 0.3) is 0 Å². The van der Waals surface area contributed by atoms with E-state index in [-0.39, 0.29) is 0 Å². The maximum Gasteiger partial charge on any atom is 0.203 e. The van der Waals surface area contributed by atoms with Gasteiger partial charge < -0.3 is 14.8 Å². The predicted molar refractivity (Wildman–Crippen MR) is 76.0 cm³/mol. The third kappa shape index (κ3) is 3.25. The number of aryl methyl sites for hydroxylation is 1. The summed E-state index contributed by atoms with van der Waals surface area (Å²) in [6.07, 6.45) is 4.63. The van der Waals surface area contributed by atoms with Gasteiger partial charge >= 0.3 is 0 Å². The molecule has 0 saturated carbocycles. The van der Waals surface area contributed by atoms with Gasteiger partial charge in [0.2, 0.25) is 5.95 Å². The molecule has 0 bridgehead atoms. The van der Waals surface area contributed by atoms with Crippen molar-refractivity contribution < 1.29 is 0 Å². The Bertz CT molecular complexity index is 372. The van der Waals surface area contributed by atoms with E-state index in [0.717, 1.165) is 37.1 Å². The Balaban J connectivity index is 1.96. The molecule has 4 heteroatoms. The van der Waals surface area contributed by atoms with E-state index in [1.807, 2.05) is 0 Å². The van der Waals surface area contributed by atoms with E-state index >= 15 is 0 Å². The highest BCUT2D eigenvalue weighted by Crippen LogP contribution is 2.20. The van der Waals surface area contributed by atoms with Crippen LogP contribution in [0.2, 0.25) is 0 Å². The average molecular weight is 250 g/mol. The Labute approximate surface area is 110 Å². The lowest BCUT2D eigenvalue weighted by Gasteiger charge is -2.15. The summed E-state index contributed by atoms with van der Waals surface area (Å²) in [5.41, 5.74) is 1.11. The SMILES string of the molecule is CCCNc1nc(C)cn1CC1CCN(CC)C1. The van der Waals surface area contributed by atoms with Crippen LogP contribution in [0.15, 0.2) is 6.20 Å². The molecule has 102 valence electrons. The summed E-state index contributed by atoms with van der Waals surface area (Å²) in [4.78, 5) is 7.10. The molecule has 2 rings (SSSR count). The predicted octanol–water partition coefficient (Wildman–Crippen LogP) is 2.36. The number of nitrogens with zero attached hydrogens (tertiary/aromatic N) is 3. The molecule has 4 nitrogen and oxygen atoms in total. The lowest BCUT2D eigenvalue weighted by Crippen LogP contribution is -2.21. The van der Waals surface area contributed by atoms with Crippen molar-refractivity contribution in [2.75, 3.05) is 31.5 Å². The van der Waals surface area contributed by atoms with Gasteiger partial charge in [-0.1, -0.05) is 13.8 Å². The molecule has 0 aliphatic carbocycles. The van der Waals surface area contributed by atoms with E-state index in [1.54, 1.807) is 0 Å².